The number of aromatic amines is 1. The molecule has 5 heteroatoms. The molecule has 1 aromatic rings. The van der Waals surface area contributed by atoms with Crippen LogP contribution in [0, 0.1) is 17.8 Å². The first-order chi connectivity index (χ1) is 7.81. The van der Waals surface area contributed by atoms with Crippen LogP contribution in [0.15, 0.2) is 15.8 Å². The number of hydrogen-bond donors (Lipinski definition) is 2. The number of nitrogens with zero attached hydrogens (tertiary/aromatic N) is 1. The first-order valence-electron chi connectivity index (χ1n) is 5.73. The first-order valence-corrected chi connectivity index (χ1v) is 5.73. The molecule has 0 aromatic carbocycles. The van der Waals surface area contributed by atoms with Gasteiger partial charge in [0.2, 0.25) is 0 Å². The minimum Gasteiger partial charge on any atom is -0.396 e. The van der Waals surface area contributed by atoms with E-state index in [1.54, 1.807) is 13.1 Å². The highest BCUT2D eigenvalue weighted by Crippen LogP contribution is 2.63. The van der Waals surface area contributed by atoms with Crippen LogP contribution in [-0.4, -0.2) is 21.3 Å². The second-order valence-corrected chi connectivity index (χ2v) is 5.66. The van der Waals surface area contributed by atoms with Gasteiger partial charge in [-0.25, -0.2) is 4.79 Å². The second-order valence-electron chi connectivity index (χ2n) is 5.66. The van der Waals surface area contributed by atoms with Crippen LogP contribution in [0.5, 0.6) is 0 Å². The van der Waals surface area contributed by atoms with E-state index in [2.05, 4.69) is 11.9 Å². The van der Waals surface area contributed by atoms with E-state index in [9.17, 15) is 14.7 Å². The number of H-pyrrole nitrogens is 1. The van der Waals surface area contributed by atoms with Crippen molar-refractivity contribution in [3.8, 4) is 0 Å². The molecule has 0 saturated heterocycles. The molecule has 1 heterocycles. The molecule has 2 atom stereocenters. The summed E-state index contributed by atoms with van der Waals surface area (Å²) < 4.78 is 1.53. The van der Waals surface area contributed by atoms with E-state index >= 15 is 0 Å². The maximum Gasteiger partial charge on any atom is 0.328 e. The third-order valence-corrected chi connectivity index (χ3v) is 4.17. The average Bonchev–Trinajstić information content (AvgIpc) is 2.79. The molecule has 94 valence electrons. The van der Waals surface area contributed by atoms with Gasteiger partial charge in [-0.2, -0.15) is 0 Å². The van der Waals surface area contributed by atoms with Crippen molar-refractivity contribution in [2.45, 2.75) is 33.7 Å². The Balaban J connectivity index is 2.30. The summed E-state index contributed by atoms with van der Waals surface area (Å²) in [6.07, 6.45) is 2.48. The lowest BCUT2D eigenvalue weighted by molar-refractivity contribution is 0.180. The van der Waals surface area contributed by atoms with Crippen LogP contribution in [0.4, 0.5) is 0 Å². The molecule has 0 spiro atoms. The summed E-state index contributed by atoms with van der Waals surface area (Å²) in [5.41, 5.74) is -0.377. The topological polar surface area (TPSA) is 75.1 Å². The van der Waals surface area contributed by atoms with Gasteiger partial charge in [-0.1, -0.05) is 13.8 Å². The van der Waals surface area contributed by atoms with E-state index in [0.717, 1.165) is 6.42 Å². The third kappa shape index (κ3) is 1.84. The Morgan fingerprint density at radius 1 is 1.41 bits per heavy atom. The molecule has 2 unspecified atom stereocenters. The van der Waals surface area contributed by atoms with Crippen molar-refractivity contribution in [1.82, 2.24) is 9.55 Å². The van der Waals surface area contributed by atoms with E-state index < -0.39 is 0 Å². The Morgan fingerprint density at radius 3 is 2.59 bits per heavy atom. The molecule has 1 aliphatic rings. The summed E-state index contributed by atoms with van der Waals surface area (Å²) in [5.74, 6) is 0. The van der Waals surface area contributed by atoms with Gasteiger partial charge in [0.1, 0.15) is 0 Å². The fraction of sp³-hybridized carbons (Fsp3) is 0.667. The molecule has 0 radical (unpaired) electrons. The number of aromatic nitrogens is 2. The van der Waals surface area contributed by atoms with Gasteiger partial charge in [0.15, 0.2) is 0 Å². The summed E-state index contributed by atoms with van der Waals surface area (Å²) in [6.45, 7) is 6.39. The highest BCUT2D eigenvalue weighted by Gasteiger charge is 2.60. The van der Waals surface area contributed by atoms with Gasteiger partial charge in [-0.3, -0.25) is 14.3 Å². The maximum absolute atomic E-state index is 11.6. The number of hydrogen-bond acceptors (Lipinski definition) is 3. The van der Waals surface area contributed by atoms with E-state index in [0.29, 0.717) is 12.1 Å². The van der Waals surface area contributed by atoms with Gasteiger partial charge in [0.05, 0.1) is 0 Å². The van der Waals surface area contributed by atoms with Gasteiger partial charge in [0.25, 0.3) is 5.56 Å². The van der Waals surface area contributed by atoms with Crippen LogP contribution in [0.25, 0.3) is 0 Å². The predicted molar refractivity (Wildman–Crippen MR) is 64.0 cm³/mol. The zero-order chi connectivity index (χ0) is 12.8. The Bertz CT molecular complexity index is 560. The summed E-state index contributed by atoms with van der Waals surface area (Å²) in [4.78, 5) is 25.2. The molecule has 1 fully saturated rings. The van der Waals surface area contributed by atoms with E-state index in [-0.39, 0.29) is 28.7 Å². The summed E-state index contributed by atoms with van der Waals surface area (Å²) in [5, 5.41) is 9.30. The third-order valence-electron chi connectivity index (χ3n) is 4.17. The van der Waals surface area contributed by atoms with Crippen LogP contribution in [-0.2, 0) is 6.54 Å². The molecule has 17 heavy (non-hydrogen) atoms. The Morgan fingerprint density at radius 2 is 2.06 bits per heavy atom. The van der Waals surface area contributed by atoms with Gasteiger partial charge in [-0.05, 0) is 24.2 Å². The van der Waals surface area contributed by atoms with Crippen molar-refractivity contribution >= 4 is 0 Å². The van der Waals surface area contributed by atoms with Crippen molar-refractivity contribution in [3.05, 3.63) is 32.6 Å². The average molecular weight is 238 g/mol. The number of aliphatic hydroxyl groups is 1. The SMILES string of the molecule is Cc1cn(CC2(C)CC2(C)CO)c(=O)[nH]c1=O. The molecular formula is C12H18N2O3. The van der Waals surface area contributed by atoms with Crippen molar-refractivity contribution < 1.29 is 5.11 Å². The van der Waals surface area contributed by atoms with Crippen LogP contribution < -0.4 is 11.2 Å². The van der Waals surface area contributed by atoms with Gasteiger partial charge in [0, 0.05) is 24.9 Å². The quantitative estimate of drug-likeness (QED) is 0.792. The highest BCUT2D eigenvalue weighted by atomic mass is 16.3. The van der Waals surface area contributed by atoms with E-state index in [1.807, 2.05) is 6.92 Å². The predicted octanol–water partition coefficient (Wildman–Crippen LogP) is 0.254. The summed E-state index contributed by atoms with van der Waals surface area (Å²) in [6, 6.07) is 0. The van der Waals surface area contributed by atoms with Gasteiger partial charge < -0.3 is 5.11 Å². The number of rotatable bonds is 3. The second kappa shape index (κ2) is 3.57. The molecular weight excluding hydrogens is 220 g/mol. The van der Waals surface area contributed by atoms with Crippen LogP contribution in [0.2, 0.25) is 0 Å². The van der Waals surface area contributed by atoms with Crippen LogP contribution >= 0.6 is 0 Å². The number of aliphatic hydroxyl groups excluding tert-OH is 1. The van der Waals surface area contributed by atoms with Crippen LogP contribution in [0.1, 0.15) is 25.8 Å². The normalized spacial score (nSPS) is 31.5. The first kappa shape index (κ1) is 12.1. The standard InChI is InChI=1S/C12H18N2O3/c1-8-4-14(10(17)13-9(8)16)6-11(2)5-12(11,3)7-15/h4,15H,5-7H2,1-3H3,(H,13,16,17). The molecule has 2 N–H and O–H groups in total. The Hall–Kier alpha value is -1.36. The number of nitrogens with one attached hydrogen (secondary N) is 1. The van der Waals surface area contributed by atoms with Crippen molar-refractivity contribution in [1.29, 1.82) is 0 Å². The minimum absolute atomic E-state index is 0.0732. The minimum atomic E-state index is -0.381. The molecule has 0 aliphatic heterocycles. The molecule has 5 nitrogen and oxygen atoms in total. The van der Waals surface area contributed by atoms with E-state index in [4.69, 9.17) is 0 Å². The smallest absolute Gasteiger partial charge is 0.328 e. The lowest BCUT2D eigenvalue weighted by atomic mass is 9.97. The maximum atomic E-state index is 11.6. The fourth-order valence-corrected chi connectivity index (χ4v) is 2.42. The van der Waals surface area contributed by atoms with E-state index in [1.165, 1.54) is 4.57 Å². The zero-order valence-corrected chi connectivity index (χ0v) is 10.4. The lowest BCUT2D eigenvalue weighted by Crippen LogP contribution is -2.33. The molecule has 1 aliphatic carbocycles. The van der Waals surface area contributed by atoms with Gasteiger partial charge in [-0.15, -0.1) is 0 Å². The zero-order valence-electron chi connectivity index (χ0n) is 10.4. The lowest BCUT2D eigenvalue weighted by Gasteiger charge is -2.17. The largest absolute Gasteiger partial charge is 0.396 e. The molecule has 1 aromatic heterocycles. The molecule has 0 amide bonds. The Labute approximate surface area is 99.1 Å². The van der Waals surface area contributed by atoms with Crippen molar-refractivity contribution in [2.75, 3.05) is 6.61 Å². The summed E-state index contributed by atoms with van der Waals surface area (Å²) in [7, 11) is 0. The summed E-state index contributed by atoms with van der Waals surface area (Å²) >= 11 is 0. The molecule has 2 rings (SSSR count). The molecule has 1 saturated carbocycles. The van der Waals surface area contributed by atoms with Crippen molar-refractivity contribution in [3.63, 3.8) is 0 Å². The fourth-order valence-electron chi connectivity index (χ4n) is 2.42. The number of aryl methyl sites for hydroxylation is 1. The monoisotopic (exact) mass is 238 g/mol. The highest BCUT2D eigenvalue weighted by molar-refractivity contribution is 5.10. The van der Waals surface area contributed by atoms with Crippen LogP contribution in [0.3, 0.4) is 0 Å². The van der Waals surface area contributed by atoms with Gasteiger partial charge >= 0.3 is 5.69 Å². The van der Waals surface area contributed by atoms with Crippen molar-refractivity contribution in [2.24, 2.45) is 10.8 Å². The Kier molecular flexibility index (Phi) is 2.54. The molecule has 0 bridgehead atoms.